The van der Waals surface area contributed by atoms with Gasteiger partial charge in [-0.25, -0.2) is 14.0 Å². The number of amides is 3. The number of anilines is 1. The summed E-state index contributed by atoms with van der Waals surface area (Å²) in [5, 5.41) is 5.72. The van der Waals surface area contributed by atoms with E-state index in [1.165, 1.54) is 35.6 Å². The summed E-state index contributed by atoms with van der Waals surface area (Å²) in [5.41, 5.74) is 0.579. The quantitative estimate of drug-likeness (QED) is 0.889. The van der Waals surface area contributed by atoms with E-state index in [9.17, 15) is 14.0 Å². The molecule has 0 aromatic heterocycles. The first-order valence-electron chi connectivity index (χ1n) is 8.40. The predicted molar refractivity (Wildman–Crippen MR) is 87.4 cm³/mol. The molecule has 1 heterocycles. The first-order chi connectivity index (χ1) is 11.6. The maximum Gasteiger partial charge on any atom is 0.414 e. The van der Waals surface area contributed by atoms with E-state index in [1.807, 2.05) is 0 Å². The molecule has 2 fully saturated rings. The highest BCUT2D eigenvalue weighted by Gasteiger charge is 2.32. The number of rotatable bonds is 4. The molecule has 7 heteroatoms. The van der Waals surface area contributed by atoms with Crippen molar-refractivity contribution in [3.8, 4) is 0 Å². The van der Waals surface area contributed by atoms with Crippen molar-refractivity contribution in [2.24, 2.45) is 0 Å². The molecule has 130 valence electrons. The molecule has 24 heavy (non-hydrogen) atoms. The van der Waals surface area contributed by atoms with E-state index in [1.54, 1.807) is 0 Å². The predicted octanol–water partition coefficient (Wildman–Crippen LogP) is 2.78. The summed E-state index contributed by atoms with van der Waals surface area (Å²) >= 11 is 0. The smallest absolute Gasteiger partial charge is 0.414 e. The van der Waals surface area contributed by atoms with Gasteiger partial charge in [0.25, 0.3) is 0 Å². The summed E-state index contributed by atoms with van der Waals surface area (Å²) in [6, 6.07) is 5.67. The Morgan fingerprint density at radius 1 is 1.21 bits per heavy atom. The summed E-state index contributed by atoms with van der Waals surface area (Å²) < 4.78 is 18.2. The third kappa shape index (κ3) is 4.15. The zero-order valence-electron chi connectivity index (χ0n) is 13.5. The van der Waals surface area contributed by atoms with E-state index in [0.29, 0.717) is 12.2 Å². The van der Waals surface area contributed by atoms with Gasteiger partial charge in [-0.2, -0.15) is 0 Å². The molecule has 3 rings (SSSR count). The number of cyclic esters (lactones) is 1. The minimum absolute atomic E-state index is 0.224. The van der Waals surface area contributed by atoms with E-state index in [0.717, 1.165) is 25.7 Å². The second-order valence-corrected chi connectivity index (χ2v) is 6.28. The van der Waals surface area contributed by atoms with Crippen molar-refractivity contribution in [3.05, 3.63) is 30.1 Å². The molecule has 0 bridgehead atoms. The largest absolute Gasteiger partial charge is 0.442 e. The van der Waals surface area contributed by atoms with Crippen molar-refractivity contribution in [3.63, 3.8) is 0 Å². The second kappa shape index (κ2) is 7.51. The zero-order valence-corrected chi connectivity index (χ0v) is 13.5. The normalized spacial score (nSPS) is 21.5. The summed E-state index contributed by atoms with van der Waals surface area (Å²) in [6.07, 6.45) is 4.67. The van der Waals surface area contributed by atoms with Crippen LogP contribution in [0.5, 0.6) is 0 Å². The van der Waals surface area contributed by atoms with Crippen molar-refractivity contribution in [2.45, 2.75) is 44.2 Å². The maximum atomic E-state index is 13.0. The van der Waals surface area contributed by atoms with Crippen LogP contribution in [0.15, 0.2) is 24.3 Å². The molecular weight excluding hydrogens is 313 g/mol. The lowest BCUT2D eigenvalue weighted by molar-refractivity contribution is 0.140. The Bertz CT molecular complexity index is 587. The van der Waals surface area contributed by atoms with E-state index >= 15 is 0 Å². The summed E-state index contributed by atoms with van der Waals surface area (Å²) in [4.78, 5) is 25.3. The molecule has 1 aliphatic heterocycles. The molecule has 1 saturated carbocycles. The number of ether oxygens (including phenoxy) is 1. The molecule has 1 aliphatic carbocycles. The Balaban J connectivity index is 1.45. The topological polar surface area (TPSA) is 70.7 Å². The highest BCUT2D eigenvalue weighted by Crippen LogP contribution is 2.21. The lowest BCUT2D eigenvalue weighted by Crippen LogP contribution is -2.45. The number of carbonyl (C=O) groups excluding carboxylic acids is 2. The van der Waals surface area contributed by atoms with Crippen LogP contribution in [-0.2, 0) is 4.74 Å². The molecule has 1 aromatic carbocycles. The van der Waals surface area contributed by atoms with Gasteiger partial charge >= 0.3 is 12.1 Å². The van der Waals surface area contributed by atoms with Crippen molar-refractivity contribution in [2.75, 3.05) is 18.0 Å². The zero-order chi connectivity index (χ0) is 16.9. The van der Waals surface area contributed by atoms with Crippen molar-refractivity contribution >= 4 is 17.8 Å². The van der Waals surface area contributed by atoms with Gasteiger partial charge in [0.1, 0.15) is 11.9 Å². The number of hydrogen-bond donors (Lipinski definition) is 2. The Morgan fingerprint density at radius 2 is 1.92 bits per heavy atom. The van der Waals surface area contributed by atoms with Gasteiger partial charge in [-0.3, -0.25) is 4.90 Å². The average molecular weight is 335 g/mol. The molecule has 1 aromatic rings. The molecule has 0 unspecified atom stereocenters. The van der Waals surface area contributed by atoms with Crippen LogP contribution in [0.3, 0.4) is 0 Å². The Hall–Kier alpha value is -2.31. The molecular formula is C17H22FN3O3. The standard InChI is InChI=1S/C17H22FN3O3/c18-12-6-8-14(9-7-12)21-11-15(24-17(21)23)10-19-16(22)20-13-4-2-1-3-5-13/h6-9,13,15H,1-5,10-11H2,(H2,19,20,22)/t15-/m0/s1. The van der Waals surface area contributed by atoms with Crippen molar-refractivity contribution < 1.29 is 18.7 Å². The number of hydrogen-bond acceptors (Lipinski definition) is 3. The highest BCUT2D eigenvalue weighted by atomic mass is 19.1. The molecule has 6 nitrogen and oxygen atoms in total. The van der Waals surface area contributed by atoms with Crippen molar-refractivity contribution in [1.82, 2.24) is 10.6 Å². The van der Waals surface area contributed by atoms with Gasteiger partial charge in [0, 0.05) is 11.7 Å². The van der Waals surface area contributed by atoms with Crippen LogP contribution in [0.1, 0.15) is 32.1 Å². The first kappa shape index (κ1) is 16.5. The fourth-order valence-electron chi connectivity index (χ4n) is 3.15. The highest BCUT2D eigenvalue weighted by molar-refractivity contribution is 5.89. The first-order valence-corrected chi connectivity index (χ1v) is 8.40. The molecule has 1 atom stereocenters. The molecule has 0 spiro atoms. The Morgan fingerprint density at radius 3 is 2.62 bits per heavy atom. The minimum Gasteiger partial charge on any atom is -0.442 e. The van der Waals surface area contributed by atoms with Crippen molar-refractivity contribution in [1.29, 1.82) is 0 Å². The van der Waals surface area contributed by atoms with Gasteiger partial charge in [0.15, 0.2) is 0 Å². The number of nitrogens with one attached hydrogen (secondary N) is 2. The van der Waals surface area contributed by atoms with Gasteiger partial charge in [0.2, 0.25) is 0 Å². The van der Waals surface area contributed by atoms with Gasteiger partial charge in [-0.1, -0.05) is 19.3 Å². The lowest BCUT2D eigenvalue weighted by atomic mass is 9.96. The number of benzene rings is 1. The number of urea groups is 1. The second-order valence-electron chi connectivity index (χ2n) is 6.28. The van der Waals surface area contributed by atoms with Gasteiger partial charge in [-0.15, -0.1) is 0 Å². The monoisotopic (exact) mass is 335 g/mol. The average Bonchev–Trinajstić information content (AvgIpc) is 2.95. The number of halogens is 1. The van der Waals surface area contributed by atoms with Crippen LogP contribution in [0.25, 0.3) is 0 Å². The number of nitrogens with zero attached hydrogens (tertiary/aromatic N) is 1. The maximum absolute atomic E-state index is 13.0. The summed E-state index contributed by atoms with van der Waals surface area (Å²) in [6.45, 7) is 0.580. The lowest BCUT2D eigenvalue weighted by Gasteiger charge is -2.23. The third-order valence-electron chi connectivity index (χ3n) is 4.44. The van der Waals surface area contributed by atoms with Crippen LogP contribution < -0.4 is 15.5 Å². The van der Waals surface area contributed by atoms with E-state index in [2.05, 4.69) is 10.6 Å². The molecule has 1 saturated heterocycles. The van der Waals surface area contributed by atoms with Crippen LogP contribution in [-0.4, -0.2) is 37.4 Å². The van der Waals surface area contributed by atoms with Gasteiger partial charge in [0.05, 0.1) is 13.1 Å². The minimum atomic E-state index is -0.485. The van der Waals surface area contributed by atoms with Crippen LogP contribution in [0.2, 0.25) is 0 Å². The molecule has 2 aliphatic rings. The molecule has 0 radical (unpaired) electrons. The fourth-order valence-corrected chi connectivity index (χ4v) is 3.15. The molecule has 2 N–H and O–H groups in total. The van der Waals surface area contributed by atoms with Crippen LogP contribution in [0, 0.1) is 5.82 Å². The van der Waals surface area contributed by atoms with E-state index in [-0.39, 0.29) is 24.4 Å². The fraction of sp³-hybridized carbons (Fsp3) is 0.529. The van der Waals surface area contributed by atoms with Crippen LogP contribution in [0.4, 0.5) is 19.7 Å². The number of carbonyl (C=O) groups is 2. The Kier molecular flexibility index (Phi) is 5.17. The van der Waals surface area contributed by atoms with Gasteiger partial charge in [-0.05, 0) is 37.1 Å². The summed E-state index contributed by atoms with van der Waals surface area (Å²) in [5.74, 6) is -0.357. The molecule has 3 amide bonds. The SMILES string of the molecule is O=C(NC[C@H]1CN(c2ccc(F)cc2)C(=O)O1)NC1CCCCC1. The Labute approximate surface area is 140 Å². The van der Waals surface area contributed by atoms with Gasteiger partial charge < -0.3 is 15.4 Å². The summed E-state index contributed by atoms with van der Waals surface area (Å²) in [7, 11) is 0. The van der Waals surface area contributed by atoms with Crippen LogP contribution >= 0.6 is 0 Å². The van der Waals surface area contributed by atoms with E-state index in [4.69, 9.17) is 4.74 Å². The third-order valence-corrected chi connectivity index (χ3v) is 4.44. The van der Waals surface area contributed by atoms with E-state index < -0.39 is 12.2 Å².